The number of nitrogens with one attached hydrogen (secondary N) is 1. The Morgan fingerprint density at radius 2 is 1.85 bits per heavy atom. The molecule has 0 bridgehead atoms. The Hall–Kier alpha value is -1.66. The third-order valence-corrected chi connectivity index (χ3v) is 3.23. The van der Waals surface area contributed by atoms with E-state index in [1.165, 1.54) is 0 Å². The Morgan fingerprint density at radius 1 is 1.20 bits per heavy atom. The monoisotopic (exact) mass is 280 g/mol. The molecule has 1 rings (SSSR count). The zero-order chi connectivity index (χ0) is 15.0. The normalized spacial score (nSPS) is 17.4. The van der Waals surface area contributed by atoms with Gasteiger partial charge in [-0.2, -0.15) is 0 Å². The second-order valence-corrected chi connectivity index (χ2v) is 4.83. The first-order chi connectivity index (χ1) is 9.58. The van der Waals surface area contributed by atoms with Gasteiger partial charge >= 0.3 is 0 Å². The smallest absolute Gasteiger partial charge is 0.239 e. The fourth-order valence-electron chi connectivity index (χ4n) is 2.09. The molecule has 2 amide bonds. The average molecular weight is 280 g/mol. The maximum Gasteiger partial charge on any atom is 0.239 e. The van der Waals surface area contributed by atoms with Gasteiger partial charge in [-0.25, -0.2) is 0 Å². The molecule has 1 heterocycles. The predicted octanol–water partition coefficient (Wildman–Crippen LogP) is -0.664. The molecule has 1 atom stereocenters. The van der Waals surface area contributed by atoms with Crippen LogP contribution >= 0.6 is 0 Å². The first-order valence-electron chi connectivity index (χ1n) is 6.83. The van der Waals surface area contributed by atoms with Crippen LogP contribution in [0.15, 0.2) is 25.3 Å². The molecule has 1 fully saturated rings. The molecule has 3 N–H and O–H groups in total. The van der Waals surface area contributed by atoms with E-state index in [4.69, 9.17) is 5.73 Å². The lowest BCUT2D eigenvalue weighted by Gasteiger charge is -2.35. The van der Waals surface area contributed by atoms with Crippen molar-refractivity contribution in [2.24, 2.45) is 5.73 Å². The van der Waals surface area contributed by atoms with E-state index in [9.17, 15) is 9.59 Å². The van der Waals surface area contributed by atoms with E-state index < -0.39 is 6.04 Å². The molecule has 0 radical (unpaired) electrons. The summed E-state index contributed by atoms with van der Waals surface area (Å²) in [6, 6.07) is -0.505. The van der Waals surface area contributed by atoms with Crippen molar-refractivity contribution in [3.63, 3.8) is 0 Å². The van der Waals surface area contributed by atoms with E-state index in [1.807, 2.05) is 4.90 Å². The van der Waals surface area contributed by atoms with Gasteiger partial charge in [0, 0.05) is 32.7 Å². The molecule has 0 aliphatic carbocycles. The summed E-state index contributed by atoms with van der Waals surface area (Å²) in [5, 5.41) is 2.74. The maximum absolute atomic E-state index is 12.0. The molecule has 20 heavy (non-hydrogen) atoms. The molecular formula is C14H24N4O2. The number of carbonyl (C=O) groups is 2. The molecule has 0 aromatic carbocycles. The first kappa shape index (κ1) is 16.4. The van der Waals surface area contributed by atoms with Crippen molar-refractivity contribution in [3.8, 4) is 0 Å². The Morgan fingerprint density at radius 3 is 2.40 bits per heavy atom. The van der Waals surface area contributed by atoms with Gasteiger partial charge in [-0.05, 0) is 6.42 Å². The molecule has 6 heteroatoms. The van der Waals surface area contributed by atoms with Crippen LogP contribution in [0, 0.1) is 0 Å². The number of hydrogen-bond acceptors (Lipinski definition) is 4. The van der Waals surface area contributed by atoms with E-state index in [-0.39, 0.29) is 11.8 Å². The summed E-state index contributed by atoms with van der Waals surface area (Å²) in [6.45, 7) is 10.6. The molecule has 1 aliphatic heterocycles. The zero-order valence-electron chi connectivity index (χ0n) is 11.9. The summed E-state index contributed by atoms with van der Waals surface area (Å²) in [7, 11) is 0. The van der Waals surface area contributed by atoms with Crippen LogP contribution < -0.4 is 11.1 Å². The Bertz CT molecular complexity index is 362. The van der Waals surface area contributed by atoms with Crippen molar-refractivity contribution in [2.45, 2.75) is 12.5 Å². The molecule has 1 aliphatic rings. The number of piperazine rings is 1. The van der Waals surface area contributed by atoms with Gasteiger partial charge in [-0.15, -0.1) is 13.2 Å². The fourth-order valence-corrected chi connectivity index (χ4v) is 2.09. The van der Waals surface area contributed by atoms with Crippen LogP contribution in [-0.4, -0.2) is 66.9 Å². The van der Waals surface area contributed by atoms with Crippen molar-refractivity contribution in [2.75, 3.05) is 39.3 Å². The number of nitrogens with zero attached hydrogens (tertiary/aromatic N) is 2. The molecule has 1 unspecified atom stereocenters. The second-order valence-electron chi connectivity index (χ2n) is 4.83. The quantitative estimate of drug-likeness (QED) is 0.607. The Kier molecular flexibility index (Phi) is 6.97. The molecule has 112 valence electrons. The van der Waals surface area contributed by atoms with Gasteiger partial charge in [0.2, 0.25) is 11.8 Å². The molecule has 0 aromatic rings. The molecule has 1 saturated heterocycles. The average Bonchev–Trinajstić information content (AvgIpc) is 2.45. The van der Waals surface area contributed by atoms with Crippen molar-refractivity contribution >= 4 is 11.8 Å². The number of carbonyl (C=O) groups excluding carboxylic acids is 2. The Balaban J connectivity index is 2.32. The van der Waals surface area contributed by atoms with Crippen molar-refractivity contribution in [1.82, 2.24) is 15.1 Å². The first-order valence-corrected chi connectivity index (χ1v) is 6.83. The molecule has 0 spiro atoms. The molecular weight excluding hydrogens is 256 g/mol. The van der Waals surface area contributed by atoms with Crippen molar-refractivity contribution < 1.29 is 9.59 Å². The molecule has 6 nitrogen and oxygen atoms in total. The van der Waals surface area contributed by atoms with Crippen LogP contribution in [0.25, 0.3) is 0 Å². The van der Waals surface area contributed by atoms with Crippen LogP contribution in [0.2, 0.25) is 0 Å². The van der Waals surface area contributed by atoms with E-state index in [0.29, 0.717) is 45.7 Å². The highest BCUT2D eigenvalue weighted by Gasteiger charge is 2.25. The van der Waals surface area contributed by atoms with Gasteiger partial charge in [0.05, 0.1) is 12.6 Å². The van der Waals surface area contributed by atoms with Crippen LogP contribution in [0.5, 0.6) is 0 Å². The number of hydrogen-bond donors (Lipinski definition) is 2. The lowest BCUT2D eigenvalue weighted by molar-refractivity contribution is -0.134. The van der Waals surface area contributed by atoms with Gasteiger partial charge in [0.25, 0.3) is 0 Å². The number of nitrogens with two attached hydrogens (primary N) is 1. The highest BCUT2D eigenvalue weighted by molar-refractivity contribution is 5.82. The number of rotatable bonds is 7. The summed E-state index contributed by atoms with van der Waals surface area (Å²) < 4.78 is 0. The minimum absolute atomic E-state index is 0.0203. The fraction of sp³-hybridized carbons (Fsp3) is 0.571. The van der Waals surface area contributed by atoms with Crippen LogP contribution in [0.3, 0.4) is 0 Å². The summed E-state index contributed by atoms with van der Waals surface area (Å²) >= 11 is 0. The second kappa shape index (κ2) is 8.50. The van der Waals surface area contributed by atoms with E-state index in [1.54, 1.807) is 17.1 Å². The van der Waals surface area contributed by atoms with Crippen molar-refractivity contribution in [3.05, 3.63) is 25.3 Å². The summed E-state index contributed by atoms with van der Waals surface area (Å²) in [5.74, 6) is -0.0614. The number of amides is 2. The largest absolute Gasteiger partial charge is 0.352 e. The highest BCUT2D eigenvalue weighted by Crippen LogP contribution is 2.05. The minimum Gasteiger partial charge on any atom is -0.352 e. The Labute approximate surface area is 120 Å². The minimum atomic E-state index is -0.505. The van der Waals surface area contributed by atoms with Gasteiger partial charge in [0.15, 0.2) is 0 Å². The third-order valence-electron chi connectivity index (χ3n) is 3.23. The third kappa shape index (κ3) is 5.14. The lowest BCUT2D eigenvalue weighted by Crippen LogP contribution is -2.54. The van der Waals surface area contributed by atoms with Crippen molar-refractivity contribution in [1.29, 1.82) is 0 Å². The van der Waals surface area contributed by atoms with Gasteiger partial charge in [-0.1, -0.05) is 12.2 Å². The summed E-state index contributed by atoms with van der Waals surface area (Å²) in [5.41, 5.74) is 5.78. The lowest BCUT2D eigenvalue weighted by atomic mass is 10.1. The van der Waals surface area contributed by atoms with Crippen LogP contribution in [0.4, 0.5) is 0 Å². The zero-order valence-corrected chi connectivity index (χ0v) is 11.9. The van der Waals surface area contributed by atoms with E-state index >= 15 is 0 Å². The topological polar surface area (TPSA) is 78.7 Å². The van der Waals surface area contributed by atoms with E-state index in [2.05, 4.69) is 18.5 Å². The maximum atomic E-state index is 12.0. The predicted molar refractivity (Wildman–Crippen MR) is 79.0 cm³/mol. The van der Waals surface area contributed by atoms with E-state index in [0.717, 1.165) is 0 Å². The molecule has 0 aromatic heterocycles. The highest BCUT2D eigenvalue weighted by atomic mass is 16.2. The van der Waals surface area contributed by atoms with Crippen LogP contribution in [0.1, 0.15) is 6.42 Å². The summed E-state index contributed by atoms with van der Waals surface area (Å²) in [4.78, 5) is 27.4. The molecule has 0 saturated carbocycles. The standard InChI is InChI=1S/C14H24N4O2/c1-3-5-12(15)14(20)18-9-7-17(8-10-18)11-13(19)16-6-4-2/h3-4,12H,1-2,5-11,15H2,(H,16,19). The van der Waals surface area contributed by atoms with Gasteiger partial charge < -0.3 is 16.0 Å². The van der Waals surface area contributed by atoms with Gasteiger partial charge in [-0.3, -0.25) is 14.5 Å². The van der Waals surface area contributed by atoms with Crippen LogP contribution in [-0.2, 0) is 9.59 Å². The SMILES string of the molecule is C=CCNC(=O)CN1CCN(C(=O)C(N)CC=C)CC1. The summed E-state index contributed by atoms with van der Waals surface area (Å²) in [6.07, 6.45) is 3.79. The van der Waals surface area contributed by atoms with Gasteiger partial charge in [0.1, 0.15) is 0 Å².